The summed E-state index contributed by atoms with van der Waals surface area (Å²) in [5.41, 5.74) is 4.36. The first-order valence-corrected chi connectivity index (χ1v) is 9.95. The lowest BCUT2D eigenvalue weighted by Gasteiger charge is -2.46. The van der Waals surface area contributed by atoms with Crippen molar-refractivity contribution in [2.75, 3.05) is 20.8 Å². The SMILES string of the molecule is COC(=O)C1=CN2CCc3c([nH]c4ccc(OC)cc34)[C@@H]2[C@H]2C1C[C@H](O)[C@@H]2C. The number of fused-ring (bicyclic) bond motifs is 7. The molecule has 3 heterocycles. The quantitative estimate of drug-likeness (QED) is 0.782. The predicted molar refractivity (Wildman–Crippen MR) is 105 cm³/mol. The summed E-state index contributed by atoms with van der Waals surface area (Å²) < 4.78 is 10.5. The number of nitrogens with zero attached hydrogens (tertiary/aromatic N) is 1. The molecule has 0 spiro atoms. The fourth-order valence-corrected chi connectivity index (χ4v) is 5.69. The summed E-state index contributed by atoms with van der Waals surface area (Å²) in [6, 6.07) is 6.28. The van der Waals surface area contributed by atoms with E-state index in [1.54, 1.807) is 7.11 Å². The van der Waals surface area contributed by atoms with E-state index >= 15 is 0 Å². The van der Waals surface area contributed by atoms with Gasteiger partial charge in [0.05, 0.1) is 31.9 Å². The summed E-state index contributed by atoms with van der Waals surface area (Å²) in [6.45, 7) is 2.95. The molecule has 1 aromatic carbocycles. The van der Waals surface area contributed by atoms with E-state index < -0.39 is 6.10 Å². The molecule has 5 rings (SSSR count). The first-order valence-electron chi connectivity index (χ1n) is 9.95. The number of ether oxygens (including phenoxy) is 2. The van der Waals surface area contributed by atoms with Crippen LogP contribution in [0.3, 0.4) is 0 Å². The number of esters is 1. The molecule has 1 fully saturated rings. The van der Waals surface area contributed by atoms with Gasteiger partial charge in [-0.05, 0) is 48.4 Å². The van der Waals surface area contributed by atoms with E-state index in [1.807, 2.05) is 12.3 Å². The third-order valence-electron chi connectivity index (χ3n) is 7.08. The Morgan fingerprint density at radius 2 is 2.14 bits per heavy atom. The van der Waals surface area contributed by atoms with Crippen LogP contribution in [0.1, 0.15) is 30.6 Å². The zero-order valence-electron chi connectivity index (χ0n) is 16.4. The van der Waals surface area contributed by atoms with Crippen molar-refractivity contribution in [2.45, 2.75) is 31.9 Å². The molecule has 6 heteroatoms. The van der Waals surface area contributed by atoms with Gasteiger partial charge in [0.15, 0.2) is 0 Å². The van der Waals surface area contributed by atoms with Crippen molar-refractivity contribution in [1.29, 1.82) is 0 Å². The zero-order chi connectivity index (χ0) is 19.6. The van der Waals surface area contributed by atoms with Crippen molar-refractivity contribution in [3.63, 3.8) is 0 Å². The standard InChI is InChI=1S/C22H26N2O4/c1-11-18(25)9-15-16(22(26)28-3)10-24-7-6-13-14-8-12(27-2)4-5-17(14)23-20(13)21(24)19(11)15/h4-5,8,10-11,15,18-19,21,23,25H,6-7,9H2,1-3H3/t11-,15?,18-,19+,21-/m0/s1. The highest BCUT2D eigenvalue weighted by Crippen LogP contribution is 2.54. The normalized spacial score (nSPS) is 31.1. The summed E-state index contributed by atoms with van der Waals surface area (Å²) in [6.07, 6.45) is 3.09. The maximum Gasteiger partial charge on any atom is 0.335 e. The number of benzene rings is 1. The van der Waals surface area contributed by atoms with Crippen LogP contribution in [-0.4, -0.2) is 47.8 Å². The van der Waals surface area contributed by atoms with Crippen molar-refractivity contribution in [1.82, 2.24) is 9.88 Å². The third-order valence-corrected chi connectivity index (χ3v) is 7.08. The van der Waals surface area contributed by atoms with Gasteiger partial charge in [0.1, 0.15) is 5.75 Å². The van der Waals surface area contributed by atoms with Gasteiger partial charge in [-0.3, -0.25) is 0 Å². The first-order chi connectivity index (χ1) is 13.5. The number of carbonyl (C=O) groups is 1. The van der Waals surface area contributed by atoms with Crippen LogP contribution in [0.25, 0.3) is 10.9 Å². The van der Waals surface area contributed by atoms with E-state index in [1.165, 1.54) is 23.8 Å². The topological polar surface area (TPSA) is 74.8 Å². The van der Waals surface area contributed by atoms with Crippen LogP contribution < -0.4 is 4.74 Å². The number of methoxy groups -OCH3 is 2. The Morgan fingerprint density at radius 3 is 2.89 bits per heavy atom. The molecule has 2 N–H and O–H groups in total. The molecule has 148 valence electrons. The average molecular weight is 382 g/mol. The molecule has 0 saturated heterocycles. The van der Waals surface area contributed by atoms with Crippen LogP contribution in [0.5, 0.6) is 5.75 Å². The minimum absolute atomic E-state index is 0.0191. The number of aliphatic hydroxyl groups excluding tert-OH is 1. The second kappa shape index (κ2) is 6.27. The first kappa shape index (κ1) is 17.6. The van der Waals surface area contributed by atoms with Crippen molar-refractivity contribution in [2.24, 2.45) is 17.8 Å². The predicted octanol–water partition coefficient (Wildman–Crippen LogP) is 2.78. The van der Waals surface area contributed by atoms with Crippen LogP contribution in [0, 0.1) is 17.8 Å². The number of aromatic nitrogens is 1. The average Bonchev–Trinajstić information content (AvgIpc) is 3.23. The second-order valence-corrected chi connectivity index (χ2v) is 8.28. The number of hydrogen-bond acceptors (Lipinski definition) is 5. The Hall–Kier alpha value is -2.47. The molecule has 1 aromatic heterocycles. The number of aliphatic hydroxyl groups is 1. The smallest absolute Gasteiger partial charge is 0.335 e. The molecule has 1 saturated carbocycles. The largest absolute Gasteiger partial charge is 0.497 e. The molecular weight excluding hydrogens is 356 g/mol. The van der Waals surface area contributed by atoms with Gasteiger partial charge in [-0.25, -0.2) is 4.79 Å². The van der Waals surface area contributed by atoms with E-state index in [2.05, 4.69) is 28.9 Å². The Kier molecular flexibility index (Phi) is 3.95. The van der Waals surface area contributed by atoms with Gasteiger partial charge in [0.2, 0.25) is 0 Å². The Balaban J connectivity index is 1.66. The van der Waals surface area contributed by atoms with E-state index in [9.17, 15) is 9.90 Å². The van der Waals surface area contributed by atoms with Gasteiger partial charge in [0, 0.05) is 35.3 Å². The summed E-state index contributed by atoms with van der Waals surface area (Å²) in [5.74, 6) is 0.879. The van der Waals surface area contributed by atoms with E-state index in [0.29, 0.717) is 12.0 Å². The van der Waals surface area contributed by atoms with Crippen molar-refractivity contribution >= 4 is 16.9 Å². The van der Waals surface area contributed by atoms with E-state index in [0.717, 1.165) is 24.2 Å². The Bertz CT molecular complexity index is 978. The zero-order valence-corrected chi connectivity index (χ0v) is 16.4. The van der Waals surface area contributed by atoms with Crippen molar-refractivity contribution < 1.29 is 19.4 Å². The number of rotatable bonds is 2. The van der Waals surface area contributed by atoms with Gasteiger partial charge in [-0.1, -0.05) is 6.92 Å². The monoisotopic (exact) mass is 382 g/mol. The van der Waals surface area contributed by atoms with Gasteiger partial charge >= 0.3 is 5.97 Å². The maximum atomic E-state index is 12.4. The molecule has 5 atom stereocenters. The third kappa shape index (κ3) is 2.33. The van der Waals surface area contributed by atoms with Crippen molar-refractivity contribution in [3.8, 4) is 5.75 Å². The van der Waals surface area contributed by atoms with Crippen LogP contribution in [-0.2, 0) is 16.0 Å². The number of carbonyl (C=O) groups excluding carboxylic acids is 1. The molecular formula is C22H26N2O4. The fraction of sp³-hybridized carbons (Fsp3) is 0.500. The van der Waals surface area contributed by atoms with Gasteiger partial charge < -0.3 is 24.5 Å². The molecule has 2 aromatic rings. The lowest BCUT2D eigenvalue weighted by Crippen LogP contribution is -2.44. The van der Waals surface area contributed by atoms with Crippen LogP contribution in [0.4, 0.5) is 0 Å². The van der Waals surface area contributed by atoms with Crippen LogP contribution in [0.2, 0.25) is 0 Å². The molecule has 28 heavy (non-hydrogen) atoms. The minimum Gasteiger partial charge on any atom is -0.497 e. The highest BCUT2D eigenvalue weighted by molar-refractivity contribution is 5.90. The van der Waals surface area contributed by atoms with Crippen LogP contribution in [0.15, 0.2) is 30.0 Å². The summed E-state index contributed by atoms with van der Waals surface area (Å²) in [5, 5.41) is 11.8. The second-order valence-electron chi connectivity index (χ2n) is 8.28. The van der Waals surface area contributed by atoms with Gasteiger partial charge in [-0.2, -0.15) is 0 Å². The maximum absolute atomic E-state index is 12.4. The molecule has 6 nitrogen and oxygen atoms in total. The van der Waals surface area contributed by atoms with E-state index in [4.69, 9.17) is 9.47 Å². The highest BCUT2D eigenvalue weighted by Gasteiger charge is 2.53. The Labute approximate surface area is 164 Å². The molecule has 3 aliphatic rings. The van der Waals surface area contributed by atoms with Crippen LogP contribution >= 0.6 is 0 Å². The van der Waals surface area contributed by atoms with Gasteiger partial charge in [0.25, 0.3) is 0 Å². The number of H-pyrrole nitrogens is 1. The van der Waals surface area contributed by atoms with Crippen molar-refractivity contribution in [3.05, 3.63) is 41.2 Å². The summed E-state index contributed by atoms with van der Waals surface area (Å²) >= 11 is 0. The highest BCUT2D eigenvalue weighted by atomic mass is 16.5. The summed E-state index contributed by atoms with van der Waals surface area (Å²) in [4.78, 5) is 18.4. The lowest BCUT2D eigenvalue weighted by atomic mass is 9.74. The van der Waals surface area contributed by atoms with E-state index in [-0.39, 0.29) is 29.8 Å². The molecule has 2 aliphatic heterocycles. The summed E-state index contributed by atoms with van der Waals surface area (Å²) in [7, 11) is 3.12. The van der Waals surface area contributed by atoms with Gasteiger partial charge in [-0.15, -0.1) is 0 Å². The fourth-order valence-electron chi connectivity index (χ4n) is 5.69. The Morgan fingerprint density at radius 1 is 1.32 bits per heavy atom. The molecule has 0 amide bonds. The number of hydrogen-bond donors (Lipinski definition) is 2. The minimum atomic E-state index is -0.405. The molecule has 0 radical (unpaired) electrons. The molecule has 1 unspecified atom stereocenters. The molecule has 1 aliphatic carbocycles. The lowest BCUT2D eigenvalue weighted by molar-refractivity contribution is -0.137. The molecule has 0 bridgehead atoms. The number of aromatic amines is 1. The number of nitrogens with one attached hydrogen (secondary N) is 1.